The van der Waals surface area contributed by atoms with Crippen LogP contribution in [0.2, 0.25) is 0 Å². The topological polar surface area (TPSA) is 0 Å². The molecule has 0 heterocycles. The molecule has 0 saturated heterocycles. The van der Waals surface area contributed by atoms with Crippen LogP contribution in [0.25, 0.3) is 0 Å². The molecule has 0 aromatic heterocycles. The van der Waals surface area contributed by atoms with E-state index in [9.17, 15) is 0 Å². The van der Waals surface area contributed by atoms with Gasteiger partial charge in [0, 0.05) is 0 Å². The first-order chi connectivity index (χ1) is 24.2. The SMILES string of the molecule is C/C=C\CC/C(C)=C/C(C)C.CC(C)=CCC/C(C)=C\CC/C=C\CC/C(C)=C/CC/C=C(\C)CCC(C)C.CCCCCCCCCC(C)C. The highest BCUT2D eigenvalue weighted by atomic mass is 14.0. The Balaban J connectivity index is -0.000000819. The van der Waals surface area contributed by atoms with E-state index in [1.54, 1.807) is 5.57 Å². The maximum atomic E-state index is 2.43. The average Bonchev–Trinajstić information content (AvgIpc) is 3.05. The third-order valence-electron chi connectivity index (χ3n) is 9.00. The molecule has 0 unspecified atom stereocenters. The molecule has 0 N–H and O–H groups in total. The fourth-order valence-electron chi connectivity index (χ4n) is 5.68. The van der Waals surface area contributed by atoms with Crippen molar-refractivity contribution in [1.82, 2.24) is 0 Å². The largest absolute Gasteiger partial charge is 0.0917 e. The second kappa shape index (κ2) is 40.9. The summed E-state index contributed by atoms with van der Waals surface area (Å²) < 4.78 is 0. The van der Waals surface area contributed by atoms with Gasteiger partial charge in [-0.1, -0.05) is 182 Å². The maximum Gasteiger partial charge on any atom is -0.0288 e. The van der Waals surface area contributed by atoms with Crippen molar-refractivity contribution in [2.45, 2.75) is 225 Å². The van der Waals surface area contributed by atoms with Crippen molar-refractivity contribution in [2.75, 3.05) is 0 Å². The molecule has 0 heteroatoms. The molecule has 0 rings (SSSR count). The van der Waals surface area contributed by atoms with E-state index in [2.05, 4.69) is 152 Å². The van der Waals surface area contributed by atoms with Crippen LogP contribution in [-0.4, -0.2) is 0 Å². The summed E-state index contributed by atoms with van der Waals surface area (Å²) in [6.07, 6.45) is 47.0. The summed E-state index contributed by atoms with van der Waals surface area (Å²) in [5.41, 5.74) is 7.56. The Labute approximate surface area is 324 Å². The van der Waals surface area contributed by atoms with E-state index in [0.717, 1.165) is 11.8 Å². The van der Waals surface area contributed by atoms with Crippen LogP contribution < -0.4 is 0 Å². The van der Waals surface area contributed by atoms with Crippen molar-refractivity contribution < 1.29 is 0 Å². The molecule has 0 aromatic rings. The molecule has 0 aliphatic heterocycles. The normalized spacial score (nSPS) is 13.0. The minimum atomic E-state index is 0.695. The Hall–Kier alpha value is -1.82. The van der Waals surface area contributed by atoms with Crippen molar-refractivity contribution in [3.05, 3.63) is 82.5 Å². The molecule has 0 atom stereocenters. The predicted octanol–water partition coefficient (Wildman–Crippen LogP) is 18.6. The molecule has 0 nitrogen and oxygen atoms in total. The van der Waals surface area contributed by atoms with Gasteiger partial charge in [-0.15, -0.1) is 0 Å². The first-order valence-electron chi connectivity index (χ1n) is 21.8. The summed E-state index contributed by atoms with van der Waals surface area (Å²) in [4.78, 5) is 0. The number of allylic oxidation sites excluding steroid dienone is 14. The molecule has 0 aliphatic rings. The highest BCUT2D eigenvalue weighted by Crippen LogP contribution is 2.15. The van der Waals surface area contributed by atoms with Gasteiger partial charge >= 0.3 is 0 Å². The van der Waals surface area contributed by atoms with Crippen LogP contribution in [-0.2, 0) is 0 Å². The van der Waals surface area contributed by atoms with E-state index in [-0.39, 0.29) is 0 Å². The lowest BCUT2D eigenvalue weighted by atomic mass is 10.0. The van der Waals surface area contributed by atoms with E-state index < -0.39 is 0 Å². The Bertz CT molecular complexity index is 948. The molecule has 0 bridgehead atoms. The Kier molecular flexibility index (Phi) is 43.0. The second-order valence-electron chi connectivity index (χ2n) is 16.7. The maximum absolute atomic E-state index is 2.43. The smallest absolute Gasteiger partial charge is 0.0288 e. The fraction of sp³-hybridized carbons (Fsp3) is 0.725. The minimum Gasteiger partial charge on any atom is -0.0917 e. The van der Waals surface area contributed by atoms with Crippen LogP contribution in [0.1, 0.15) is 225 Å². The van der Waals surface area contributed by atoms with Crippen LogP contribution in [0.4, 0.5) is 0 Å². The summed E-state index contributed by atoms with van der Waals surface area (Å²) in [6, 6.07) is 0. The van der Waals surface area contributed by atoms with Crippen LogP contribution in [0.5, 0.6) is 0 Å². The van der Waals surface area contributed by atoms with Crippen LogP contribution >= 0.6 is 0 Å². The molecular weight excluding hydrogens is 613 g/mol. The van der Waals surface area contributed by atoms with Gasteiger partial charge in [0.25, 0.3) is 0 Å². The molecule has 298 valence electrons. The van der Waals surface area contributed by atoms with Gasteiger partial charge in [-0.2, -0.15) is 0 Å². The van der Waals surface area contributed by atoms with Crippen molar-refractivity contribution in [2.24, 2.45) is 17.8 Å². The molecule has 0 radical (unpaired) electrons. The molecule has 0 spiro atoms. The van der Waals surface area contributed by atoms with Gasteiger partial charge in [0.15, 0.2) is 0 Å². The molecule has 0 fully saturated rings. The second-order valence-corrected chi connectivity index (χ2v) is 16.7. The van der Waals surface area contributed by atoms with E-state index in [4.69, 9.17) is 0 Å². The summed E-state index contributed by atoms with van der Waals surface area (Å²) in [7, 11) is 0. The zero-order valence-electron chi connectivity index (χ0n) is 37.6. The van der Waals surface area contributed by atoms with E-state index in [1.165, 1.54) is 151 Å². The number of rotatable bonds is 27. The van der Waals surface area contributed by atoms with Gasteiger partial charge in [0.1, 0.15) is 0 Å². The quantitative estimate of drug-likeness (QED) is 0.0589. The van der Waals surface area contributed by atoms with Gasteiger partial charge in [-0.3, -0.25) is 0 Å². The lowest BCUT2D eigenvalue weighted by Gasteiger charge is -2.04. The lowest BCUT2D eigenvalue weighted by molar-refractivity contribution is 0.511. The van der Waals surface area contributed by atoms with Crippen LogP contribution in [0.15, 0.2) is 82.5 Å². The van der Waals surface area contributed by atoms with Gasteiger partial charge in [-0.05, 0) is 143 Å². The van der Waals surface area contributed by atoms with Gasteiger partial charge in [0.05, 0.1) is 0 Å². The predicted molar refractivity (Wildman–Crippen MR) is 241 cm³/mol. The summed E-state index contributed by atoms with van der Waals surface area (Å²) >= 11 is 0. The standard InChI is InChI=1S/C28H48.C12H26.C11H20/c1-24(2)16-15-21-27(6)18-12-10-8-9-11-17-26(5)19-13-14-20-28(7)23-22-25(3)4;1-4-5-6-7-8-9-10-11-12(2)3;1-5-6-7-8-11(4)9-10(2)3/h8-9,16,18-20,25H,10-15,17,21-23H2,1-7H3;12H,4-11H2,1-3H3;5-6,9-10H,7-8H2,1-4H3/b9-8-,26-19+,27-18-,28-20+;;6-5-,11-9+. The van der Waals surface area contributed by atoms with Gasteiger partial charge < -0.3 is 0 Å². The molecule has 51 heavy (non-hydrogen) atoms. The fourth-order valence-corrected chi connectivity index (χ4v) is 5.68. The van der Waals surface area contributed by atoms with Gasteiger partial charge in [-0.25, -0.2) is 0 Å². The van der Waals surface area contributed by atoms with Crippen molar-refractivity contribution in [3.63, 3.8) is 0 Å². The first-order valence-corrected chi connectivity index (χ1v) is 21.8. The molecule has 0 saturated carbocycles. The third kappa shape index (κ3) is 52.6. The first kappa shape index (κ1) is 53.5. The van der Waals surface area contributed by atoms with Crippen LogP contribution in [0.3, 0.4) is 0 Å². The zero-order chi connectivity index (χ0) is 39.1. The minimum absolute atomic E-state index is 0.695. The number of hydrogen-bond donors (Lipinski definition) is 0. The van der Waals surface area contributed by atoms with E-state index in [1.807, 2.05) is 0 Å². The number of unbranched alkanes of at least 4 members (excludes halogenated alkanes) is 8. The average molecular weight is 707 g/mol. The van der Waals surface area contributed by atoms with E-state index >= 15 is 0 Å². The monoisotopic (exact) mass is 707 g/mol. The Morgan fingerprint density at radius 2 is 0.882 bits per heavy atom. The molecular formula is C51H94. The van der Waals surface area contributed by atoms with E-state index in [0.29, 0.717) is 5.92 Å². The summed E-state index contributed by atoms with van der Waals surface area (Å²) in [5, 5.41) is 0. The Morgan fingerprint density at radius 1 is 0.431 bits per heavy atom. The molecule has 0 aliphatic carbocycles. The highest BCUT2D eigenvalue weighted by Gasteiger charge is 1.96. The van der Waals surface area contributed by atoms with Crippen molar-refractivity contribution in [1.29, 1.82) is 0 Å². The van der Waals surface area contributed by atoms with Crippen molar-refractivity contribution in [3.8, 4) is 0 Å². The lowest BCUT2D eigenvalue weighted by Crippen LogP contribution is -1.87. The third-order valence-corrected chi connectivity index (χ3v) is 9.00. The highest BCUT2D eigenvalue weighted by molar-refractivity contribution is 5.05. The molecule has 0 aromatic carbocycles. The summed E-state index contributed by atoms with van der Waals surface area (Å²) in [5.74, 6) is 2.41. The van der Waals surface area contributed by atoms with Crippen LogP contribution in [0, 0.1) is 17.8 Å². The zero-order valence-corrected chi connectivity index (χ0v) is 37.6. The summed E-state index contributed by atoms with van der Waals surface area (Å²) in [6.45, 7) is 31.4. The van der Waals surface area contributed by atoms with Crippen molar-refractivity contribution >= 4 is 0 Å². The molecule has 0 amide bonds. The number of hydrogen-bond acceptors (Lipinski definition) is 0. The Morgan fingerprint density at radius 3 is 1.39 bits per heavy atom. The van der Waals surface area contributed by atoms with Gasteiger partial charge in [0.2, 0.25) is 0 Å².